The van der Waals surface area contributed by atoms with E-state index in [1.165, 1.54) is 10.3 Å². The molecule has 3 aromatic rings. The first-order chi connectivity index (χ1) is 9.86. The van der Waals surface area contributed by atoms with Gasteiger partial charge in [-0.2, -0.15) is 5.10 Å². The monoisotopic (exact) mass is 286 g/mol. The van der Waals surface area contributed by atoms with Gasteiger partial charge in [-0.3, -0.25) is 0 Å². The molecule has 2 heterocycles. The van der Waals surface area contributed by atoms with Crippen LogP contribution in [-0.4, -0.2) is 27.9 Å². The van der Waals surface area contributed by atoms with Crippen LogP contribution in [0.2, 0.25) is 0 Å². The molecule has 104 valence electrons. The van der Waals surface area contributed by atoms with E-state index in [2.05, 4.69) is 34.6 Å². The standard InChI is InChI=1S/C15H18N4S/c1-2-16-9-5-6-12-10-17-19(11-12)15-18-13-7-3-4-8-14(13)20-15/h3-4,7-8,10-11,16H,2,5-6,9H2,1H3. The van der Waals surface area contributed by atoms with Crippen LogP contribution in [0.4, 0.5) is 0 Å². The molecule has 3 rings (SSSR count). The Hall–Kier alpha value is -1.72. The van der Waals surface area contributed by atoms with Crippen molar-refractivity contribution in [3.63, 3.8) is 0 Å². The number of nitrogens with one attached hydrogen (secondary N) is 1. The molecule has 0 radical (unpaired) electrons. The Morgan fingerprint density at radius 2 is 2.20 bits per heavy atom. The first kappa shape index (κ1) is 13.3. The maximum absolute atomic E-state index is 4.61. The van der Waals surface area contributed by atoms with E-state index in [1.54, 1.807) is 11.3 Å². The summed E-state index contributed by atoms with van der Waals surface area (Å²) in [6.07, 6.45) is 6.22. The molecule has 0 aliphatic rings. The molecule has 0 bridgehead atoms. The second-order valence-corrected chi connectivity index (χ2v) is 5.72. The molecule has 0 saturated heterocycles. The Morgan fingerprint density at radius 3 is 3.05 bits per heavy atom. The number of nitrogens with zero attached hydrogens (tertiary/aromatic N) is 3. The summed E-state index contributed by atoms with van der Waals surface area (Å²) in [4.78, 5) is 4.61. The number of aromatic nitrogens is 3. The highest BCUT2D eigenvalue weighted by Crippen LogP contribution is 2.24. The molecule has 20 heavy (non-hydrogen) atoms. The maximum atomic E-state index is 4.61. The summed E-state index contributed by atoms with van der Waals surface area (Å²) in [6, 6.07) is 8.19. The van der Waals surface area contributed by atoms with Crippen molar-refractivity contribution >= 4 is 21.6 Å². The molecule has 0 aliphatic heterocycles. The lowest BCUT2D eigenvalue weighted by atomic mass is 10.2. The quantitative estimate of drug-likeness (QED) is 0.708. The lowest BCUT2D eigenvalue weighted by Gasteiger charge is -1.98. The molecule has 0 saturated carbocycles. The molecule has 0 atom stereocenters. The summed E-state index contributed by atoms with van der Waals surface area (Å²) >= 11 is 1.67. The van der Waals surface area contributed by atoms with Crippen LogP contribution in [0.1, 0.15) is 18.9 Å². The van der Waals surface area contributed by atoms with Gasteiger partial charge in [-0.15, -0.1) is 0 Å². The zero-order valence-electron chi connectivity index (χ0n) is 11.5. The van der Waals surface area contributed by atoms with Crippen molar-refractivity contribution in [1.82, 2.24) is 20.1 Å². The third kappa shape index (κ3) is 2.89. The number of rotatable bonds is 6. The van der Waals surface area contributed by atoms with Crippen LogP contribution in [-0.2, 0) is 6.42 Å². The molecule has 4 nitrogen and oxygen atoms in total. The highest BCUT2D eigenvalue weighted by molar-refractivity contribution is 7.20. The van der Waals surface area contributed by atoms with Crippen molar-refractivity contribution < 1.29 is 0 Å². The number of thiazole rings is 1. The number of para-hydroxylation sites is 1. The molecule has 2 aromatic heterocycles. The number of hydrogen-bond donors (Lipinski definition) is 1. The number of benzene rings is 1. The fourth-order valence-corrected chi connectivity index (χ4v) is 3.05. The normalized spacial score (nSPS) is 11.2. The van der Waals surface area contributed by atoms with Crippen molar-refractivity contribution in [2.24, 2.45) is 0 Å². The summed E-state index contributed by atoms with van der Waals surface area (Å²) in [7, 11) is 0. The van der Waals surface area contributed by atoms with E-state index in [1.807, 2.05) is 29.1 Å². The van der Waals surface area contributed by atoms with E-state index >= 15 is 0 Å². The zero-order chi connectivity index (χ0) is 13.8. The number of fused-ring (bicyclic) bond motifs is 1. The molecule has 1 aromatic carbocycles. The smallest absolute Gasteiger partial charge is 0.211 e. The average molecular weight is 286 g/mol. The first-order valence-corrected chi connectivity index (χ1v) is 7.78. The minimum atomic E-state index is 0.934. The van der Waals surface area contributed by atoms with Gasteiger partial charge < -0.3 is 5.32 Å². The van der Waals surface area contributed by atoms with Crippen LogP contribution in [0.5, 0.6) is 0 Å². The largest absolute Gasteiger partial charge is 0.317 e. The van der Waals surface area contributed by atoms with E-state index in [9.17, 15) is 0 Å². The minimum absolute atomic E-state index is 0.934. The van der Waals surface area contributed by atoms with Crippen LogP contribution in [0.25, 0.3) is 15.3 Å². The lowest BCUT2D eigenvalue weighted by molar-refractivity contribution is 0.672. The van der Waals surface area contributed by atoms with Gasteiger partial charge in [-0.25, -0.2) is 9.67 Å². The van der Waals surface area contributed by atoms with Gasteiger partial charge in [0.1, 0.15) is 0 Å². The molecule has 0 fully saturated rings. The van der Waals surface area contributed by atoms with Crippen molar-refractivity contribution in [1.29, 1.82) is 0 Å². The molecular weight excluding hydrogens is 268 g/mol. The van der Waals surface area contributed by atoms with Gasteiger partial charge in [0.15, 0.2) is 0 Å². The third-order valence-electron chi connectivity index (χ3n) is 3.18. The third-order valence-corrected chi connectivity index (χ3v) is 4.21. The summed E-state index contributed by atoms with van der Waals surface area (Å²) in [5.41, 5.74) is 2.30. The minimum Gasteiger partial charge on any atom is -0.317 e. The Labute approximate surface area is 122 Å². The van der Waals surface area contributed by atoms with E-state index in [4.69, 9.17) is 0 Å². The van der Waals surface area contributed by atoms with Crippen molar-refractivity contribution in [2.45, 2.75) is 19.8 Å². The predicted octanol–water partition coefficient (Wildman–Crippen LogP) is 3.02. The van der Waals surface area contributed by atoms with Crippen molar-refractivity contribution in [3.8, 4) is 5.13 Å². The Morgan fingerprint density at radius 1 is 1.30 bits per heavy atom. The van der Waals surface area contributed by atoms with E-state index in [-0.39, 0.29) is 0 Å². The highest BCUT2D eigenvalue weighted by atomic mass is 32.1. The SMILES string of the molecule is CCNCCCc1cnn(-c2nc3ccccc3s2)c1. The zero-order valence-corrected chi connectivity index (χ0v) is 12.4. The van der Waals surface area contributed by atoms with E-state index < -0.39 is 0 Å². The summed E-state index contributed by atoms with van der Waals surface area (Å²) in [5, 5.41) is 8.70. The van der Waals surface area contributed by atoms with Crippen molar-refractivity contribution in [2.75, 3.05) is 13.1 Å². The Kier molecular flexibility index (Phi) is 4.08. The van der Waals surface area contributed by atoms with Gasteiger partial charge in [-0.05, 0) is 43.6 Å². The second-order valence-electron chi connectivity index (χ2n) is 4.71. The van der Waals surface area contributed by atoms with Gasteiger partial charge in [0, 0.05) is 6.20 Å². The summed E-state index contributed by atoms with van der Waals surface area (Å²) in [6.45, 7) is 4.22. The lowest BCUT2D eigenvalue weighted by Crippen LogP contribution is -2.14. The molecule has 0 unspecified atom stereocenters. The molecule has 0 aliphatic carbocycles. The highest BCUT2D eigenvalue weighted by Gasteiger charge is 2.06. The van der Waals surface area contributed by atoms with Crippen LogP contribution < -0.4 is 5.32 Å². The van der Waals surface area contributed by atoms with Gasteiger partial charge in [0.2, 0.25) is 5.13 Å². The number of hydrogen-bond acceptors (Lipinski definition) is 4. The van der Waals surface area contributed by atoms with Crippen LogP contribution in [0.3, 0.4) is 0 Å². The van der Waals surface area contributed by atoms with Crippen LogP contribution in [0, 0.1) is 0 Å². The summed E-state index contributed by atoms with van der Waals surface area (Å²) in [5.74, 6) is 0. The average Bonchev–Trinajstić information content (AvgIpc) is 3.09. The Bertz CT molecular complexity index is 653. The van der Waals surface area contributed by atoms with Crippen LogP contribution in [0.15, 0.2) is 36.7 Å². The van der Waals surface area contributed by atoms with E-state index in [0.717, 1.165) is 36.6 Å². The second kappa shape index (κ2) is 6.15. The predicted molar refractivity (Wildman–Crippen MR) is 83.6 cm³/mol. The van der Waals surface area contributed by atoms with Gasteiger partial charge in [0.25, 0.3) is 0 Å². The maximum Gasteiger partial charge on any atom is 0.211 e. The number of aryl methyl sites for hydroxylation is 1. The van der Waals surface area contributed by atoms with Gasteiger partial charge in [-0.1, -0.05) is 30.4 Å². The molecule has 5 heteroatoms. The molecular formula is C15H18N4S. The topological polar surface area (TPSA) is 42.7 Å². The molecule has 0 spiro atoms. The summed E-state index contributed by atoms with van der Waals surface area (Å²) < 4.78 is 3.08. The first-order valence-electron chi connectivity index (χ1n) is 6.97. The van der Waals surface area contributed by atoms with Crippen LogP contribution >= 0.6 is 11.3 Å². The van der Waals surface area contributed by atoms with Gasteiger partial charge >= 0.3 is 0 Å². The van der Waals surface area contributed by atoms with Gasteiger partial charge in [0.05, 0.1) is 16.4 Å². The Balaban J connectivity index is 1.72. The molecule has 1 N–H and O–H groups in total. The van der Waals surface area contributed by atoms with E-state index in [0.29, 0.717) is 0 Å². The fourth-order valence-electron chi connectivity index (χ4n) is 2.15. The molecule has 0 amide bonds. The fraction of sp³-hybridized carbons (Fsp3) is 0.333. The van der Waals surface area contributed by atoms with Crippen molar-refractivity contribution in [3.05, 3.63) is 42.2 Å².